The fourth-order valence-corrected chi connectivity index (χ4v) is 4.30. The van der Waals surface area contributed by atoms with E-state index in [1.807, 2.05) is 17.0 Å². The number of hydrogen-bond donors (Lipinski definition) is 0. The van der Waals surface area contributed by atoms with Crippen molar-refractivity contribution in [1.82, 2.24) is 9.80 Å². The van der Waals surface area contributed by atoms with Gasteiger partial charge in [-0.1, -0.05) is 6.92 Å². The third-order valence-electron chi connectivity index (χ3n) is 5.58. The van der Waals surface area contributed by atoms with Crippen LogP contribution in [0.3, 0.4) is 0 Å². The maximum absolute atomic E-state index is 13.2. The molecule has 0 spiro atoms. The highest BCUT2D eigenvalue weighted by Crippen LogP contribution is 2.44. The van der Waals surface area contributed by atoms with Crippen LogP contribution in [0.4, 0.5) is 5.69 Å². The van der Waals surface area contributed by atoms with E-state index in [0.717, 1.165) is 37.4 Å². The van der Waals surface area contributed by atoms with Gasteiger partial charge in [-0.3, -0.25) is 14.5 Å². The molecule has 6 heteroatoms. The zero-order valence-corrected chi connectivity index (χ0v) is 16.2. The highest BCUT2D eigenvalue weighted by atomic mass is 16.5. The Hall–Kier alpha value is -2.08. The van der Waals surface area contributed by atoms with E-state index in [4.69, 9.17) is 4.74 Å². The summed E-state index contributed by atoms with van der Waals surface area (Å²) in [6.45, 7) is 9.72. The van der Waals surface area contributed by atoms with Crippen molar-refractivity contribution in [3.63, 3.8) is 0 Å². The van der Waals surface area contributed by atoms with E-state index in [2.05, 4.69) is 31.7 Å². The van der Waals surface area contributed by atoms with Crippen molar-refractivity contribution in [3.8, 4) is 5.75 Å². The number of nitrogens with zero attached hydrogens (tertiary/aromatic N) is 3. The molecule has 1 atom stereocenters. The Labute approximate surface area is 155 Å². The van der Waals surface area contributed by atoms with Crippen LogP contribution in [0.5, 0.6) is 5.75 Å². The summed E-state index contributed by atoms with van der Waals surface area (Å²) < 4.78 is 5.37. The maximum Gasteiger partial charge on any atom is 0.241 e. The molecule has 2 amide bonds. The zero-order chi connectivity index (χ0) is 18.9. The van der Waals surface area contributed by atoms with Gasteiger partial charge in [-0.25, -0.2) is 0 Å². The van der Waals surface area contributed by atoms with E-state index in [0.29, 0.717) is 25.6 Å². The summed E-state index contributed by atoms with van der Waals surface area (Å²) in [5.74, 6) is 1.32. The Morgan fingerprint density at radius 3 is 2.58 bits per heavy atom. The molecule has 2 aliphatic heterocycles. The molecule has 0 unspecified atom stereocenters. The summed E-state index contributed by atoms with van der Waals surface area (Å²) in [7, 11) is 1.67. The molecule has 1 aromatic carbocycles. The minimum Gasteiger partial charge on any atom is -0.497 e. The summed E-state index contributed by atoms with van der Waals surface area (Å²) in [4.78, 5) is 30.0. The number of anilines is 1. The number of rotatable bonds is 4. The molecule has 142 valence electrons. The Kier molecular flexibility index (Phi) is 5.23. The minimum absolute atomic E-state index is 0.118. The first-order valence-corrected chi connectivity index (χ1v) is 9.28. The normalized spacial score (nSPS) is 22.7. The lowest BCUT2D eigenvalue weighted by molar-refractivity contribution is -0.122. The standard InChI is InChI=1S/C20H29N3O3/c1-15-12-20(2,3)23(18-6-5-16(26-4)11-17(15)18)19(25)13-21-7-9-22(14-24)10-8-21/h5-6,11,14-15H,7-10,12-13H2,1-4H3/t15-/m1/s1. The lowest BCUT2D eigenvalue weighted by Crippen LogP contribution is -2.56. The molecule has 0 aliphatic carbocycles. The fourth-order valence-electron chi connectivity index (χ4n) is 4.30. The van der Waals surface area contributed by atoms with E-state index in [1.54, 1.807) is 12.0 Å². The second kappa shape index (κ2) is 7.27. The largest absolute Gasteiger partial charge is 0.497 e. The van der Waals surface area contributed by atoms with Gasteiger partial charge in [0.2, 0.25) is 12.3 Å². The van der Waals surface area contributed by atoms with Gasteiger partial charge >= 0.3 is 0 Å². The maximum atomic E-state index is 13.2. The average Bonchev–Trinajstić information content (AvgIpc) is 2.61. The van der Waals surface area contributed by atoms with E-state index in [-0.39, 0.29) is 11.4 Å². The smallest absolute Gasteiger partial charge is 0.241 e. The molecule has 0 N–H and O–H groups in total. The van der Waals surface area contributed by atoms with Crippen LogP contribution >= 0.6 is 0 Å². The molecule has 0 saturated carbocycles. The van der Waals surface area contributed by atoms with Crippen LogP contribution in [0.25, 0.3) is 0 Å². The molecule has 3 rings (SSSR count). The Morgan fingerprint density at radius 1 is 1.27 bits per heavy atom. The summed E-state index contributed by atoms with van der Waals surface area (Å²) in [5.41, 5.74) is 1.93. The number of hydrogen-bond acceptors (Lipinski definition) is 4. The second-order valence-electron chi connectivity index (χ2n) is 7.99. The van der Waals surface area contributed by atoms with Crippen molar-refractivity contribution < 1.29 is 14.3 Å². The van der Waals surface area contributed by atoms with Crippen LogP contribution in [0.2, 0.25) is 0 Å². The second-order valence-corrected chi connectivity index (χ2v) is 7.99. The quantitative estimate of drug-likeness (QED) is 0.773. The van der Waals surface area contributed by atoms with Crippen LogP contribution in [0.1, 0.15) is 38.7 Å². The van der Waals surface area contributed by atoms with Gasteiger partial charge in [0.05, 0.1) is 13.7 Å². The summed E-state index contributed by atoms with van der Waals surface area (Å²) in [6, 6.07) is 5.99. The van der Waals surface area contributed by atoms with Crippen molar-refractivity contribution >= 4 is 18.0 Å². The van der Waals surface area contributed by atoms with Crippen molar-refractivity contribution in [2.75, 3.05) is 44.7 Å². The monoisotopic (exact) mass is 359 g/mol. The van der Waals surface area contributed by atoms with Gasteiger partial charge in [0.25, 0.3) is 0 Å². The van der Waals surface area contributed by atoms with Crippen molar-refractivity contribution in [2.45, 2.75) is 38.6 Å². The van der Waals surface area contributed by atoms with E-state index in [9.17, 15) is 9.59 Å². The highest BCUT2D eigenvalue weighted by Gasteiger charge is 2.40. The molecular weight excluding hydrogens is 330 g/mol. The molecule has 0 aromatic heterocycles. The predicted octanol–water partition coefficient (Wildman–Crippen LogP) is 2.09. The lowest BCUT2D eigenvalue weighted by Gasteiger charge is -2.47. The SMILES string of the molecule is COc1ccc2c(c1)[C@H](C)CC(C)(C)N2C(=O)CN1CCN(C=O)CC1. The summed E-state index contributed by atoms with van der Waals surface area (Å²) in [5, 5.41) is 0. The molecule has 0 bridgehead atoms. The fraction of sp³-hybridized carbons (Fsp3) is 0.600. The van der Waals surface area contributed by atoms with Crippen LogP contribution in [-0.4, -0.2) is 67.5 Å². The van der Waals surface area contributed by atoms with Crippen LogP contribution in [-0.2, 0) is 9.59 Å². The number of fused-ring (bicyclic) bond motifs is 1. The van der Waals surface area contributed by atoms with Crippen LogP contribution in [0.15, 0.2) is 18.2 Å². The molecule has 1 aromatic rings. The van der Waals surface area contributed by atoms with Gasteiger partial charge in [0.1, 0.15) is 5.75 Å². The van der Waals surface area contributed by atoms with E-state index in [1.165, 1.54) is 5.56 Å². The van der Waals surface area contributed by atoms with Gasteiger partial charge < -0.3 is 14.5 Å². The molecule has 2 aliphatic rings. The number of carbonyl (C=O) groups is 2. The number of methoxy groups -OCH3 is 1. The number of piperazine rings is 1. The molecule has 26 heavy (non-hydrogen) atoms. The molecule has 6 nitrogen and oxygen atoms in total. The minimum atomic E-state index is -0.233. The number of benzene rings is 1. The molecule has 2 heterocycles. The summed E-state index contributed by atoms with van der Waals surface area (Å²) >= 11 is 0. The third-order valence-corrected chi connectivity index (χ3v) is 5.58. The van der Waals surface area contributed by atoms with Crippen molar-refractivity contribution in [1.29, 1.82) is 0 Å². The van der Waals surface area contributed by atoms with Gasteiger partial charge in [0, 0.05) is 37.4 Å². The van der Waals surface area contributed by atoms with Gasteiger partial charge in [0.15, 0.2) is 0 Å². The van der Waals surface area contributed by atoms with Crippen molar-refractivity contribution in [3.05, 3.63) is 23.8 Å². The zero-order valence-electron chi connectivity index (χ0n) is 16.2. The Morgan fingerprint density at radius 2 is 1.96 bits per heavy atom. The van der Waals surface area contributed by atoms with E-state index < -0.39 is 0 Å². The lowest BCUT2D eigenvalue weighted by atomic mass is 9.80. The molecular formula is C20H29N3O3. The van der Waals surface area contributed by atoms with Gasteiger partial charge in [-0.2, -0.15) is 0 Å². The first-order chi connectivity index (χ1) is 12.4. The summed E-state index contributed by atoms with van der Waals surface area (Å²) in [6.07, 6.45) is 1.80. The van der Waals surface area contributed by atoms with Crippen LogP contribution in [0, 0.1) is 0 Å². The van der Waals surface area contributed by atoms with Gasteiger partial charge in [-0.15, -0.1) is 0 Å². The molecule has 1 saturated heterocycles. The Balaban J connectivity index is 1.82. The number of amides is 2. The molecule has 1 fully saturated rings. The third kappa shape index (κ3) is 3.56. The highest BCUT2D eigenvalue weighted by molar-refractivity contribution is 5.97. The molecule has 0 radical (unpaired) electrons. The van der Waals surface area contributed by atoms with Crippen molar-refractivity contribution in [2.24, 2.45) is 0 Å². The van der Waals surface area contributed by atoms with Gasteiger partial charge in [-0.05, 0) is 49.9 Å². The first-order valence-electron chi connectivity index (χ1n) is 9.28. The number of ether oxygens (including phenoxy) is 1. The average molecular weight is 359 g/mol. The van der Waals surface area contributed by atoms with Crippen LogP contribution < -0.4 is 9.64 Å². The topological polar surface area (TPSA) is 53.1 Å². The van der Waals surface area contributed by atoms with E-state index >= 15 is 0 Å². The number of carbonyl (C=O) groups excluding carboxylic acids is 2. The first kappa shape index (κ1) is 18.7. The predicted molar refractivity (Wildman–Crippen MR) is 102 cm³/mol. The Bertz CT molecular complexity index is 681.